The number of amides is 1. The van der Waals surface area contributed by atoms with Crippen LogP contribution in [-0.2, 0) is 14.6 Å². The molecule has 0 spiro atoms. The number of benzene rings is 1. The number of hydrogen-bond acceptors (Lipinski definition) is 5. The smallest absolute Gasteiger partial charge is 0.336 e. The average Bonchev–Trinajstić information content (AvgIpc) is 3.54. The number of carbonyl (C=O) groups is 1. The second-order valence-electron chi connectivity index (χ2n) is 8.10. The number of rotatable bonds is 9. The summed E-state index contributed by atoms with van der Waals surface area (Å²) in [6.45, 7) is 0. The minimum Gasteiger partial charge on any atom is -0.336 e. The summed E-state index contributed by atoms with van der Waals surface area (Å²) >= 11 is 0. The van der Waals surface area contributed by atoms with E-state index in [4.69, 9.17) is 5.26 Å². The van der Waals surface area contributed by atoms with Crippen LogP contribution in [0.15, 0.2) is 18.2 Å². The van der Waals surface area contributed by atoms with Gasteiger partial charge in [-0.3, -0.25) is 10.1 Å². The summed E-state index contributed by atoms with van der Waals surface area (Å²) < 4.78 is 93.1. The van der Waals surface area contributed by atoms with E-state index in [1.807, 2.05) is 11.4 Å². The Bertz CT molecular complexity index is 978. The fourth-order valence-corrected chi connectivity index (χ4v) is 5.14. The molecule has 1 aromatic carbocycles. The van der Waals surface area contributed by atoms with Gasteiger partial charge in [-0.15, -0.1) is 0 Å². The topological polar surface area (TPSA) is 99.1 Å². The highest BCUT2D eigenvalue weighted by atomic mass is 32.2. The number of hydrogen-bond donors (Lipinski definition) is 2. The van der Waals surface area contributed by atoms with Gasteiger partial charge in [0, 0.05) is 6.07 Å². The van der Waals surface area contributed by atoms with Crippen LogP contribution in [0.25, 0.3) is 0 Å². The summed E-state index contributed by atoms with van der Waals surface area (Å²) in [5.41, 5.74) is -2.08. The van der Waals surface area contributed by atoms with Gasteiger partial charge in [0.25, 0.3) is 0 Å². The molecule has 1 amide bonds. The summed E-state index contributed by atoms with van der Waals surface area (Å²) in [6, 6.07) is -1.44. The Morgan fingerprint density at radius 2 is 1.77 bits per heavy atom. The normalized spacial score (nSPS) is 19.9. The van der Waals surface area contributed by atoms with Crippen molar-refractivity contribution in [3.63, 3.8) is 0 Å². The van der Waals surface area contributed by atoms with Gasteiger partial charge in [-0.25, -0.2) is 17.2 Å². The van der Waals surface area contributed by atoms with Crippen LogP contribution in [0, 0.1) is 28.9 Å². The highest BCUT2D eigenvalue weighted by molar-refractivity contribution is 7.91. The number of nitriles is 1. The predicted molar refractivity (Wildman–Crippen MR) is 99.2 cm³/mol. The second kappa shape index (κ2) is 8.35. The molecule has 0 radical (unpaired) electrons. The molecule has 31 heavy (non-hydrogen) atoms. The molecule has 2 aliphatic carbocycles. The highest BCUT2D eigenvalue weighted by Gasteiger charge is 2.48. The van der Waals surface area contributed by atoms with Crippen LogP contribution in [0.2, 0.25) is 0 Å². The first kappa shape index (κ1) is 23.4. The Morgan fingerprint density at radius 1 is 1.19 bits per heavy atom. The quantitative estimate of drug-likeness (QED) is 0.546. The molecule has 2 fully saturated rings. The fourth-order valence-electron chi connectivity index (χ4n) is 3.20. The zero-order chi connectivity index (χ0) is 23.0. The first-order valence-electron chi connectivity index (χ1n) is 9.55. The van der Waals surface area contributed by atoms with E-state index in [2.05, 4.69) is 5.32 Å². The molecule has 170 valence electrons. The standard InChI is InChI=1S/C19H20F5N3O3S/c20-13-5-12(6-14(21)7-13)16(19(22,23)24)26-15(9-31(29,30)8-11-1-2-11)17(28)27-18(10-25)3-4-18/h5-7,11,15-16,26H,1-4,8-9H2,(H,27,28)/t15-,16-/m0/s1. The molecular formula is C19H20F5N3O3S. The summed E-state index contributed by atoms with van der Waals surface area (Å²) in [6.07, 6.45) is -3.17. The van der Waals surface area contributed by atoms with Crippen LogP contribution < -0.4 is 10.6 Å². The Balaban J connectivity index is 1.89. The molecule has 2 saturated carbocycles. The number of nitrogens with zero attached hydrogens (tertiary/aromatic N) is 1. The molecule has 0 bridgehead atoms. The summed E-state index contributed by atoms with van der Waals surface area (Å²) in [4.78, 5) is 12.7. The molecule has 2 N–H and O–H groups in total. The van der Waals surface area contributed by atoms with Crippen molar-refractivity contribution in [3.05, 3.63) is 35.4 Å². The molecule has 6 nitrogen and oxygen atoms in total. The van der Waals surface area contributed by atoms with Crippen molar-refractivity contribution in [3.8, 4) is 6.07 Å². The van der Waals surface area contributed by atoms with E-state index in [9.17, 15) is 35.2 Å². The van der Waals surface area contributed by atoms with E-state index in [0.29, 0.717) is 31.0 Å². The van der Waals surface area contributed by atoms with Crippen molar-refractivity contribution in [2.24, 2.45) is 5.92 Å². The molecule has 12 heteroatoms. The van der Waals surface area contributed by atoms with E-state index < -0.39 is 62.5 Å². The monoisotopic (exact) mass is 465 g/mol. The predicted octanol–water partition coefficient (Wildman–Crippen LogP) is 2.52. The van der Waals surface area contributed by atoms with Crippen LogP contribution in [-0.4, -0.2) is 43.6 Å². The van der Waals surface area contributed by atoms with Gasteiger partial charge in [0.15, 0.2) is 9.84 Å². The van der Waals surface area contributed by atoms with E-state index in [1.165, 1.54) is 0 Å². The van der Waals surface area contributed by atoms with Crippen molar-refractivity contribution in [2.45, 2.75) is 49.5 Å². The molecule has 3 rings (SSSR count). The minimum absolute atomic E-state index is 0.0988. The minimum atomic E-state index is -5.09. The fraction of sp³-hybridized carbons (Fsp3) is 0.579. The van der Waals surface area contributed by atoms with Gasteiger partial charge in [0.1, 0.15) is 29.3 Å². The van der Waals surface area contributed by atoms with Crippen LogP contribution in [0.1, 0.15) is 37.3 Å². The molecule has 0 heterocycles. The zero-order valence-corrected chi connectivity index (χ0v) is 17.0. The van der Waals surface area contributed by atoms with Gasteiger partial charge in [0.2, 0.25) is 5.91 Å². The lowest BCUT2D eigenvalue weighted by Crippen LogP contribution is -2.54. The van der Waals surface area contributed by atoms with E-state index in [0.717, 1.165) is 0 Å². The molecule has 0 aliphatic heterocycles. The third-order valence-electron chi connectivity index (χ3n) is 5.16. The molecular weight excluding hydrogens is 445 g/mol. The Hall–Kier alpha value is -2.26. The third-order valence-corrected chi connectivity index (χ3v) is 6.98. The van der Waals surface area contributed by atoms with Crippen molar-refractivity contribution < 1.29 is 35.2 Å². The number of sulfone groups is 1. The van der Waals surface area contributed by atoms with Gasteiger partial charge in [0.05, 0.1) is 17.6 Å². The van der Waals surface area contributed by atoms with Gasteiger partial charge < -0.3 is 5.32 Å². The van der Waals surface area contributed by atoms with Crippen molar-refractivity contribution in [1.82, 2.24) is 10.6 Å². The Morgan fingerprint density at radius 3 is 2.23 bits per heavy atom. The summed E-state index contributed by atoms with van der Waals surface area (Å²) in [7, 11) is -3.92. The zero-order valence-electron chi connectivity index (χ0n) is 16.2. The van der Waals surface area contributed by atoms with E-state index >= 15 is 0 Å². The highest BCUT2D eigenvalue weighted by Crippen LogP contribution is 2.36. The largest absolute Gasteiger partial charge is 0.407 e. The van der Waals surface area contributed by atoms with Gasteiger partial charge in [-0.05, 0) is 49.3 Å². The van der Waals surface area contributed by atoms with Gasteiger partial charge in [-0.2, -0.15) is 18.4 Å². The molecule has 2 atom stereocenters. The first-order chi connectivity index (χ1) is 14.3. The molecule has 0 saturated heterocycles. The van der Waals surface area contributed by atoms with Crippen LogP contribution >= 0.6 is 0 Å². The maximum Gasteiger partial charge on any atom is 0.407 e. The van der Waals surface area contributed by atoms with Crippen LogP contribution in [0.4, 0.5) is 22.0 Å². The Labute approximate surface area is 175 Å². The lowest BCUT2D eigenvalue weighted by atomic mass is 10.0. The number of nitrogens with one attached hydrogen (secondary N) is 2. The Kier molecular flexibility index (Phi) is 6.30. The van der Waals surface area contributed by atoms with Gasteiger partial charge in [-0.1, -0.05) is 0 Å². The van der Waals surface area contributed by atoms with Gasteiger partial charge >= 0.3 is 6.18 Å². The van der Waals surface area contributed by atoms with Crippen LogP contribution in [0.3, 0.4) is 0 Å². The number of alkyl halides is 3. The lowest BCUT2D eigenvalue weighted by molar-refractivity contribution is -0.160. The SMILES string of the molecule is N#CC1(NC(=O)[C@H](CS(=O)(=O)CC2CC2)N[C@@H](c2cc(F)cc(F)c2)C(F)(F)F)CC1. The summed E-state index contributed by atoms with van der Waals surface area (Å²) in [5.74, 6) is -4.92. The summed E-state index contributed by atoms with van der Waals surface area (Å²) in [5, 5.41) is 13.4. The third kappa shape index (κ3) is 6.36. The number of carbonyl (C=O) groups excluding carboxylic acids is 1. The molecule has 2 aliphatic rings. The average molecular weight is 465 g/mol. The molecule has 1 aromatic rings. The van der Waals surface area contributed by atoms with Crippen molar-refractivity contribution in [2.75, 3.05) is 11.5 Å². The van der Waals surface area contributed by atoms with E-state index in [-0.39, 0.29) is 24.5 Å². The van der Waals surface area contributed by atoms with Crippen molar-refractivity contribution >= 4 is 15.7 Å². The number of halogens is 5. The maximum atomic E-state index is 13.7. The van der Waals surface area contributed by atoms with Crippen molar-refractivity contribution in [1.29, 1.82) is 5.26 Å². The molecule has 0 aromatic heterocycles. The second-order valence-corrected chi connectivity index (χ2v) is 10.3. The van der Waals surface area contributed by atoms with E-state index in [1.54, 1.807) is 0 Å². The molecule has 0 unspecified atom stereocenters. The first-order valence-corrected chi connectivity index (χ1v) is 11.4. The maximum absolute atomic E-state index is 13.7. The lowest BCUT2D eigenvalue weighted by Gasteiger charge is -2.28. The van der Waals surface area contributed by atoms with Crippen LogP contribution in [0.5, 0.6) is 0 Å².